The Kier molecular flexibility index (Phi) is 4.49. The molecule has 0 unspecified atom stereocenters. The second-order valence-corrected chi connectivity index (χ2v) is 7.38. The second kappa shape index (κ2) is 6.23. The molecular weight excluding hydrogens is 407 g/mol. The third-order valence-corrected chi connectivity index (χ3v) is 6.09. The first kappa shape index (κ1) is 15.9. The van der Waals surface area contributed by atoms with Crippen LogP contribution in [0.3, 0.4) is 0 Å². The Bertz CT molecular complexity index is 817. The molecule has 0 radical (unpaired) electrons. The minimum atomic E-state index is 0.527. The summed E-state index contributed by atoms with van der Waals surface area (Å²) < 4.78 is 3.04. The first-order valence-electron chi connectivity index (χ1n) is 7.53. The molecule has 0 aromatic carbocycles. The molecule has 0 bridgehead atoms. The molecule has 0 spiro atoms. The van der Waals surface area contributed by atoms with E-state index in [0.29, 0.717) is 5.92 Å². The fourth-order valence-electron chi connectivity index (χ4n) is 2.95. The Hall–Kier alpha value is -1.02. The molecule has 0 atom stereocenters. The number of nitrogens with zero attached hydrogens (tertiary/aromatic N) is 4. The summed E-state index contributed by atoms with van der Waals surface area (Å²) in [4.78, 5) is 10.4. The summed E-state index contributed by atoms with van der Waals surface area (Å²) in [5.41, 5.74) is 7.33. The van der Waals surface area contributed by atoms with Crippen molar-refractivity contribution in [2.45, 2.75) is 46.5 Å². The van der Waals surface area contributed by atoms with Crippen LogP contribution in [0.25, 0.3) is 16.2 Å². The Morgan fingerprint density at radius 3 is 2.59 bits per heavy atom. The minimum absolute atomic E-state index is 0.527. The summed E-state index contributed by atoms with van der Waals surface area (Å²) >= 11 is 3.93. The fourth-order valence-corrected chi connectivity index (χ4v) is 4.68. The first-order valence-corrected chi connectivity index (χ1v) is 9.48. The molecule has 116 valence electrons. The van der Waals surface area contributed by atoms with Gasteiger partial charge in [-0.3, -0.25) is 0 Å². The smallest absolute Gasteiger partial charge is 0.158 e. The third-order valence-electron chi connectivity index (χ3n) is 4.07. The van der Waals surface area contributed by atoms with Crippen molar-refractivity contribution in [3.63, 3.8) is 0 Å². The van der Waals surface area contributed by atoms with Crippen molar-refractivity contribution in [1.82, 2.24) is 19.6 Å². The van der Waals surface area contributed by atoms with Crippen LogP contribution in [0.1, 0.15) is 49.6 Å². The molecule has 6 heteroatoms. The molecule has 4 nitrogen and oxygen atoms in total. The van der Waals surface area contributed by atoms with Crippen molar-refractivity contribution in [2.24, 2.45) is 0 Å². The van der Waals surface area contributed by atoms with Crippen molar-refractivity contribution in [1.29, 1.82) is 0 Å². The van der Waals surface area contributed by atoms with Gasteiger partial charge in [-0.2, -0.15) is 5.10 Å². The Morgan fingerprint density at radius 1 is 1.27 bits per heavy atom. The van der Waals surface area contributed by atoms with Crippen LogP contribution in [0.5, 0.6) is 0 Å². The van der Waals surface area contributed by atoms with E-state index in [0.717, 1.165) is 44.1 Å². The standard InChI is InChI=1S/C16H19IN4S/c1-5-11(6-2)12-7-9(3)20-21-13(10(4)19-16(12)21)14-15(17)18-8-22-14/h7-8,11H,5-6H2,1-4H3. The summed E-state index contributed by atoms with van der Waals surface area (Å²) in [7, 11) is 0. The lowest BCUT2D eigenvalue weighted by atomic mass is 9.95. The zero-order valence-corrected chi connectivity index (χ0v) is 16.2. The molecule has 0 aliphatic carbocycles. The van der Waals surface area contributed by atoms with Gasteiger partial charge in [0.25, 0.3) is 0 Å². The highest BCUT2D eigenvalue weighted by Crippen LogP contribution is 2.34. The maximum atomic E-state index is 4.84. The van der Waals surface area contributed by atoms with Crippen molar-refractivity contribution in [2.75, 3.05) is 0 Å². The SMILES string of the molecule is CCC(CC)c1cc(C)nn2c(-c3scnc3I)c(C)nc12. The number of thiazole rings is 1. The highest BCUT2D eigenvalue weighted by Gasteiger charge is 2.21. The van der Waals surface area contributed by atoms with Gasteiger partial charge >= 0.3 is 0 Å². The highest BCUT2D eigenvalue weighted by molar-refractivity contribution is 14.1. The van der Waals surface area contributed by atoms with Gasteiger partial charge < -0.3 is 0 Å². The molecule has 0 aliphatic heterocycles. The van der Waals surface area contributed by atoms with Gasteiger partial charge in [-0.1, -0.05) is 13.8 Å². The van der Waals surface area contributed by atoms with E-state index in [2.05, 4.69) is 61.3 Å². The van der Waals surface area contributed by atoms with E-state index in [1.54, 1.807) is 11.3 Å². The Balaban J connectivity index is 2.33. The number of rotatable bonds is 4. The monoisotopic (exact) mass is 426 g/mol. The molecule has 22 heavy (non-hydrogen) atoms. The van der Waals surface area contributed by atoms with Crippen molar-refractivity contribution >= 4 is 39.6 Å². The summed E-state index contributed by atoms with van der Waals surface area (Å²) in [6.45, 7) is 8.60. The van der Waals surface area contributed by atoms with Gasteiger partial charge in [0, 0.05) is 5.56 Å². The second-order valence-electron chi connectivity index (χ2n) is 5.51. The first-order chi connectivity index (χ1) is 10.6. The van der Waals surface area contributed by atoms with E-state index in [-0.39, 0.29) is 0 Å². The van der Waals surface area contributed by atoms with E-state index in [1.165, 1.54) is 5.56 Å². The molecule has 3 aromatic rings. The van der Waals surface area contributed by atoms with Gasteiger partial charge in [0.15, 0.2) is 5.65 Å². The van der Waals surface area contributed by atoms with E-state index in [1.807, 2.05) is 10.0 Å². The topological polar surface area (TPSA) is 43.1 Å². The molecular formula is C16H19IN4S. The number of aromatic nitrogens is 4. The Morgan fingerprint density at radius 2 is 2.00 bits per heavy atom. The molecule has 0 N–H and O–H groups in total. The third kappa shape index (κ3) is 2.56. The van der Waals surface area contributed by atoms with Gasteiger partial charge in [-0.05, 0) is 61.3 Å². The summed E-state index contributed by atoms with van der Waals surface area (Å²) in [5, 5.41) is 4.73. The zero-order chi connectivity index (χ0) is 15.9. The molecule has 0 saturated heterocycles. The summed E-state index contributed by atoms with van der Waals surface area (Å²) in [6.07, 6.45) is 2.24. The van der Waals surface area contributed by atoms with Crippen molar-refractivity contribution in [3.05, 3.63) is 32.2 Å². The normalized spacial score (nSPS) is 11.7. The van der Waals surface area contributed by atoms with Crippen LogP contribution < -0.4 is 0 Å². The number of hydrogen-bond acceptors (Lipinski definition) is 4. The van der Waals surface area contributed by atoms with Crippen LogP contribution in [0.15, 0.2) is 11.6 Å². The molecule has 0 aliphatic rings. The lowest BCUT2D eigenvalue weighted by molar-refractivity contribution is 0.638. The van der Waals surface area contributed by atoms with Gasteiger partial charge in [0.2, 0.25) is 0 Å². The molecule has 3 heterocycles. The van der Waals surface area contributed by atoms with Gasteiger partial charge in [-0.15, -0.1) is 11.3 Å². The zero-order valence-electron chi connectivity index (χ0n) is 13.2. The molecule has 3 aromatic heterocycles. The predicted molar refractivity (Wildman–Crippen MR) is 99.6 cm³/mol. The van der Waals surface area contributed by atoms with Gasteiger partial charge in [0.05, 0.1) is 21.8 Å². The van der Waals surface area contributed by atoms with Gasteiger partial charge in [-0.25, -0.2) is 14.5 Å². The number of halogens is 1. The van der Waals surface area contributed by atoms with E-state index < -0.39 is 0 Å². The average molecular weight is 426 g/mol. The average Bonchev–Trinajstić information content (AvgIpc) is 3.03. The van der Waals surface area contributed by atoms with E-state index in [4.69, 9.17) is 10.1 Å². The van der Waals surface area contributed by atoms with E-state index >= 15 is 0 Å². The molecule has 0 amide bonds. The van der Waals surface area contributed by atoms with Crippen LogP contribution in [-0.2, 0) is 0 Å². The number of fused-ring (bicyclic) bond motifs is 1. The quantitative estimate of drug-likeness (QED) is 0.553. The largest absolute Gasteiger partial charge is 0.238 e. The minimum Gasteiger partial charge on any atom is -0.238 e. The lowest BCUT2D eigenvalue weighted by Crippen LogP contribution is -2.05. The maximum Gasteiger partial charge on any atom is 0.158 e. The van der Waals surface area contributed by atoms with Gasteiger partial charge in [0.1, 0.15) is 9.39 Å². The van der Waals surface area contributed by atoms with Crippen LogP contribution in [-0.4, -0.2) is 19.6 Å². The summed E-state index contributed by atoms with van der Waals surface area (Å²) in [6, 6.07) is 2.20. The maximum absolute atomic E-state index is 4.84. The van der Waals surface area contributed by atoms with E-state index in [9.17, 15) is 0 Å². The number of aryl methyl sites for hydroxylation is 2. The van der Waals surface area contributed by atoms with Crippen molar-refractivity contribution in [3.8, 4) is 10.6 Å². The predicted octanol–water partition coefficient (Wildman–Crippen LogP) is 4.98. The lowest BCUT2D eigenvalue weighted by Gasteiger charge is -2.14. The molecule has 3 rings (SSSR count). The van der Waals surface area contributed by atoms with Crippen LogP contribution >= 0.6 is 33.9 Å². The van der Waals surface area contributed by atoms with Crippen LogP contribution in [0, 0.1) is 17.5 Å². The molecule has 0 fully saturated rings. The van der Waals surface area contributed by atoms with Crippen LogP contribution in [0.2, 0.25) is 0 Å². The number of imidazole rings is 1. The fraction of sp³-hybridized carbons (Fsp3) is 0.438. The Labute approximate surface area is 148 Å². The van der Waals surface area contributed by atoms with Crippen LogP contribution in [0.4, 0.5) is 0 Å². The summed E-state index contributed by atoms with van der Waals surface area (Å²) in [5.74, 6) is 0.527. The molecule has 0 saturated carbocycles. The highest BCUT2D eigenvalue weighted by atomic mass is 127. The number of hydrogen-bond donors (Lipinski definition) is 0. The van der Waals surface area contributed by atoms with Crippen molar-refractivity contribution < 1.29 is 0 Å².